The third-order valence-corrected chi connectivity index (χ3v) is 4.24. The van der Waals surface area contributed by atoms with Gasteiger partial charge in [0.05, 0.1) is 16.6 Å². The summed E-state index contributed by atoms with van der Waals surface area (Å²) in [5.41, 5.74) is 1.15. The number of halogens is 2. The van der Waals surface area contributed by atoms with E-state index >= 15 is 0 Å². The molecule has 0 aliphatic carbocycles. The molecule has 0 radical (unpaired) electrons. The molecule has 2 aromatic carbocycles. The van der Waals surface area contributed by atoms with Gasteiger partial charge in [-0.2, -0.15) is 0 Å². The summed E-state index contributed by atoms with van der Waals surface area (Å²) in [5, 5.41) is 5.84. The molecule has 1 heterocycles. The molecule has 0 fully saturated rings. The molecule has 1 N–H and O–H groups in total. The summed E-state index contributed by atoms with van der Waals surface area (Å²) < 4.78 is 0. The second-order valence-electron chi connectivity index (χ2n) is 5.89. The van der Waals surface area contributed by atoms with Crippen LogP contribution in [0.3, 0.4) is 0 Å². The van der Waals surface area contributed by atoms with E-state index in [1.165, 1.54) is 17.0 Å². The molecule has 0 atom stereocenters. The Morgan fingerprint density at radius 1 is 1.12 bits per heavy atom. The molecule has 0 saturated carbocycles. The first-order valence-electron chi connectivity index (χ1n) is 7.78. The fourth-order valence-electron chi connectivity index (χ4n) is 2.63. The van der Waals surface area contributed by atoms with Gasteiger partial charge in [-0.1, -0.05) is 59.6 Å². The van der Waals surface area contributed by atoms with E-state index in [4.69, 9.17) is 23.2 Å². The first kappa shape index (κ1) is 17.7. The van der Waals surface area contributed by atoms with Gasteiger partial charge in [-0.15, -0.1) is 0 Å². The predicted molar refractivity (Wildman–Crippen MR) is 103 cm³/mol. The minimum Gasteiger partial charge on any atom is -0.308 e. The minimum absolute atomic E-state index is 0.181. The average Bonchev–Trinajstić information content (AvgIpc) is 2.57. The van der Waals surface area contributed by atoms with Gasteiger partial charge in [0.2, 0.25) is 5.91 Å². The van der Waals surface area contributed by atoms with Crippen LogP contribution < -0.4 is 5.32 Å². The normalized spacial score (nSPS) is 11.0. The molecular formula is C19H17Cl2N3O. The van der Waals surface area contributed by atoms with E-state index in [0.717, 1.165) is 5.56 Å². The first-order chi connectivity index (χ1) is 12.0. The Bertz CT molecular complexity index is 914. The summed E-state index contributed by atoms with van der Waals surface area (Å²) in [5.74, 6) is 0.134. The highest BCUT2D eigenvalue weighted by Gasteiger charge is 2.11. The quantitative estimate of drug-likeness (QED) is 0.709. The number of anilines is 1. The first-order valence-corrected chi connectivity index (χ1v) is 8.54. The van der Waals surface area contributed by atoms with Gasteiger partial charge in [0.25, 0.3) is 0 Å². The zero-order valence-corrected chi connectivity index (χ0v) is 15.2. The summed E-state index contributed by atoms with van der Waals surface area (Å²) in [6.07, 6.45) is 1.45. The third kappa shape index (κ3) is 4.69. The van der Waals surface area contributed by atoms with Crippen LogP contribution in [0.2, 0.25) is 10.0 Å². The number of nitrogens with zero attached hydrogens (tertiary/aromatic N) is 2. The molecule has 0 spiro atoms. The van der Waals surface area contributed by atoms with Gasteiger partial charge in [0, 0.05) is 12.7 Å². The van der Waals surface area contributed by atoms with E-state index in [0.29, 0.717) is 22.4 Å². The summed E-state index contributed by atoms with van der Waals surface area (Å²) in [6.45, 7) is 0.896. The van der Waals surface area contributed by atoms with E-state index in [1.54, 1.807) is 6.07 Å². The molecule has 25 heavy (non-hydrogen) atoms. The van der Waals surface area contributed by atoms with Gasteiger partial charge in [0.1, 0.15) is 0 Å². The number of hydrogen-bond donors (Lipinski definition) is 1. The van der Waals surface area contributed by atoms with Crippen LogP contribution in [0.5, 0.6) is 0 Å². The zero-order chi connectivity index (χ0) is 17.8. The van der Waals surface area contributed by atoms with Gasteiger partial charge in [-0.3, -0.25) is 9.69 Å². The van der Waals surface area contributed by atoms with Gasteiger partial charge < -0.3 is 5.32 Å². The smallest absolute Gasteiger partial charge is 0.239 e. The highest BCUT2D eigenvalue weighted by molar-refractivity contribution is 6.36. The topological polar surface area (TPSA) is 45.2 Å². The van der Waals surface area contributed by atoms with Crippen LogP contribution in [0.25, 0.3) is 10.8 Å². The van der Waals surface area contributed by atoms with Crippen molar-refractivity contribution in [2.24, 2.45) is 0 Å². The van der Waals surface area contributed by atoms with Crippen molar-refractivity contribution in [3.8, 4) is 0 Å². The summed E-state index contributed by atoms with van der Waals surface area (Å²) in [4.78, 5) is 18.1. The number of nitrogens with one attached hydrogen (secondary N) is 1. The Morgan fingerprint density at radius 2 is 1.88 bits per heavy atom. The second-order valence-corrected chi connectivity index (χ2v) is 6.73. The highest BCUT2D eigenvalue weighted by atomic mass is 35.5. The van der Waals surface area contributed by atoms with Crippen molar-refractivity contribution in [2.45, 2.75) is 6.54 Å². The number of carbonyl (C=O) groups excluding carboxylic acids is 1. The fraction of sp³-hybridized carbons (Fsp3) is 0.158. The maximum Gasteiger partial charge on any atom is 0.239 e. The van der Waals surface area contributed by atoms with Gasteiger partial charge in [-0.25, -0.2) is 4.98 Å². The molecule has 3 aromatic rings. The van der Waals surface area contributed by atoms with Crippen LogP contribution in [-0.4, -0.2) is 29.4 Å². The van der Waals surface area contributed by atoms with Crippen LogP contribution in [0.15, 0.2) is 54.7 Å². The van der Waals surface area contributed by atoms with Crippen molar-refractivity contribution in [1.82, 2.24) is 9.88 Å². The van der Waals surface area contributed by atoms with Crippen molar-refractivity contribution < 1.29 is 4.79 Å². The van der Waals surface area contributed by atoms with Gasteiger partial charge in [0.15, 0.2) is 5.82 Å². The van der Waals surface area contributed by atoms with Crippen molar-refractivity contribution in [1.29, 1.82) is 0 Å². The molecule has 128 valence electrons. The monoisotopic (exact) mass is 373 g/mol. The lowest BCUT2D eigenvalue weighted by Gasteiger charge is -2.17. The molecule has 1 aromatic heterocycles. The lowest BCUT2D eigenvalue weighted by molar-refractivity contribution is -0.117. The number of benzene rings is 2. The molecular weight excluding hydrogens is 357 g/mol. The number of aromatic nitrogens is 1. The number of hydrogen-bond acceptors (Lipinski definition) is 3. The van der Waals surface area contributed by atoms with Gasteiger partial charge in [-0.05, 0) is 35.5 Å². The predicted octanol–water partition coefficient (Wildman–Crippen LogP) is 4.61. The molecule has 0 aliphatic rings. The third-order valence-electron chi connectivity index (χ3n) is 3.75. The largest absolute Gasteiger partial charge is 0.308 e. The van der Waals surface area contributed by atoms with E-state index in [-0.39, 0.29) is 12.5 Å². The van der Waals surface area contributed by atoms with Crippen LogP contribution in [0.1, 0.15) is 5.56 Å². The summed E-state index contributed by atoms with van der Waals surface area (Å²) >= 11 is 11.8. The number of amides is 1. The van der Waals surface area contributed by atoms with Crippen molar-refractivity contribution in [3.05, 3.63) is 70.3 Å². The van der Waals surface area contributed by atoms with E-state index in [2.05, 4.69) is 40.6 Å². The number of likely N-dealkylation sites (N-methyl/N-ethyl adjacent to an activating group) is 1. The summed E-state index contributed by atoms with van der Waals surface area (Å²) in [6, 6.07) is 16.1. The molecule has 1 amide bonds. The van der Waals surface area contributed by atoms with Crippen molar-refractivity contribution in [3.63, 3.8) is 0 Å². The molecule has 4 nitrogen and oxygen atoms in total. The van der Waals surface area contributed by atoms with Crippen LogP contribution in [-0.2, 0) is 11.3 Å². The van der Waals surface area contributed by atoms with Crippen molar-refractivity contribution >= 4 is 45.7 Å². The lowest BCUT2D eigenvalue weighted by Crippen LogP contribution is -2.30. The molecule has 0 bridgehead atoms. The van der Waals surface area contributed by atoms with Gasteiger partial charge >= 0.3 is 0 Å². The average molecular weight is 374 g/mol. The number of fused-ring (bicyclic) bond motifs is 1. The molecule has 0 aliphatic heterocycles. The minimum atomic E-state index is -0.181. The van der Waals surface area contributed by atoms with Crippen LogP contribution in [0.4, 0.5) is 5.82 Å². The SMILES string of the molecule is CN(CC(=O)Nc1ncc(Cl)cc1Cl)Cc1ccc2ccccc2c1. The maximum atomic E-state index is 12.2. The van der Waals surface area contributed by atoms with Crippen LogP contribution >= 0.6 is 23.2 Å². The number of rotatable bonds is 5. The van der Waals surface area contributed by atoms with Crippen LogP contribution in [0, 0.1) is 0 Å². The van der Waals surface area contributed by atoms with Crippen molar-refractivity contribution in [2.75, 3.05) is 18.9 Å². The second kappa shape index (κ2) is 7.83. The summed E-state index contributed by atoms with van der Waals surface area (Å²) in [7, 11) is 1.89. The molecule has 3 rings (SSSR count). The molecule has 6 heteroatoms. The standard InChI is InChI=1S/C19H17Cl2N3O/c1-24(11-13-6-7-14-4-2-3-5-15(14)8-13)12-18(25)23-19-17(21)9-16(20)10-22-19/h2-10H,11-12H2,1H3,(H,22,23,25). The Balaban J connectivity index is 1.60. The van der Waals surface area contributed by atoms with E-state index in [1.807, 2.05) is 24.1 Å². The fourth-order valence-corrected chi connectivity index (χ4v) is 3.06. The number of pyridine rings is 1. The van der Waals surface area contributed by atoms with E-state index in [9.17, 15) is 4.79 Å². The Labute approximate surface area is 156 Å². The Morgan fingerprint density at radius 3 is 2.64 bits per heavy atom. The molecule has 0 unspecified atom stereocenters. The Kier molecular flexibility index (Phi) is 5.53. The maximum absolute atomic E-state index is 12.2. The lowest BCUT2D eigenvalue weighted by atomic mass is 10.1. The Hall–Kier alpha value is -2.14. The van der Waals surface area contributed by atoms with E-state index < -0.39 is 0 Å². The highest BCUT2D eigenvalue weighted by Crippen LogP contribution is 2.22. The number of carbonyl (C=O) groups is 1. The zero-order valence-electron chi connectivity index (χ0n) is 13.7. The molecule has 0 saturated heterocycles.